The van der Waals surface area contributed by atoms with Gasteiger partial charge in [-0.2, -0.15) is 5.10 Å². The summed E-state index contributed by atoms with van der Waals surface area (Å²) >= 11 is 0. The molecule has 148 valence electrons. The van der Waals surface area contributed by atoms with Crippen molar-refractivity contribution < 1.29 is 9.59 Å². The largest absolute Gasteiger partial charge is 0.336 e. The summed E-state index contributed by atoms with van der Waals surface area (Å²) < 4.78 is 1.78. The molecule has 0 radical (unpaired) electrons. The van der Waals surface area contributed by atoms with Gasteiger partial charge in [0.25, 0.3) is 5.91 Å². The van der Waals surface area contributed by atoms with Crippen LogP contribution in [0.3, 0.4) is 0 Å². The van der Waals surface area contributed by atoms with Gasteiger partial charge in [0.05, 0.1) is 11.7 Å². The number of aryl methyl sites for hydroxylation is 2. The van der Waals surface area contributed by atoms with Crippen LogP contribution in [-0.4, -0.2) is 70.2 Å². The van der Waals surface area contributed by atoms with E-state index in [0.29, 0.717) is 13.1 Å². The van der Waals surface area contributed by atoms with E-state index in [-0.39, 0.29) is 17.9 Å². The van der Waals surface area contributed by atoms with Gasteiger partial charge in [0.15, 0.2) is 0 Å². The van der Waals surface area contributed by atoms with Crippen molar-refractivity contribution in [3.05, 3.63) is 47.7 Å². The summed E-state index contributed by atoms with van der Waals surface area (Å²) in [7, 11) is 1.88. The molecule has 4 rings (SSSR count). The summed E-state index contributed by atoms with van der Waals surface area (Å²) in [6.45, 7) is 5.45. The van der Waals surface area contributed by atoms with Crippen LogP contribution in [0.5, 0.6) is 0 Å². The van der Waals surface area contributed by atoms with Crippen LogP contribution >= 0.6 is 0 Å². The first kappa shape index (κ1) is 18.7. The number of benzene rings is 1. The van der Waals surface area contributed by atoms with E-state index in [4.69, 9.17) is 0 Å². The van der Waals surface area contributed by atoms with Crippen LogP contribution in [-0.2, 0) is 11.8 Å². The Labute approximate surface area is 165 Å². The maximum atomic E-state index is 13.2. The van der Waals surface area contributed by atoms with Crippen molar-refractivity contribution in [1.29, 1.82) is 0 Å². The van der Waals surface area contributed by atoms with Gasteiger partial charge in [-0.15, -0.1) is 0 Å². The van der Waals surface area contributed by atoms with E-state index in [1.165, 1.54) is 0 Å². The Balaban J connectivity index is 1.41. The third kappa shape index (κ3) is 3.54. The first-order valence-corrected chi connectivity index (χ1v) is 9.95. The quantitative estimate of drug-likeness (QED) is 0.812. The van der Waals surface area contributed by atoms with Crippen LogP contribution in [0.25, 0.3) is 0 Å². The molecule has 0 spiro atoms. The minimum Gasteiger partial charge on any atom is -0.336 e. The summed E-state index contributed by atoms with van der Waals surface area (Å²) in [5.41, 5.74) is 1.64. The van der Waals surface area contributed by atoms with Crippen molar-refractivity contribution in [3.8, 4) is 0 Å². The van der Waals surface area contributed by atoms with Gasteiger partial charge in [0.1, 0.15) is 5.82 Å². The molecule has 0 N–H and O–H groups in total. The lowest BCUT2D eigenvalue weighted by Gasteiger charge is -2.42. The van der Waals surface area contributed by atoms with E-state index < -0.39 is 0 Å². The smallest absolute Gasteiger partial charge is 0.253 e. The summed E-state index contributed by atoms with van der Waals surface area (Å²) in [6, 6.07) is 11.3. The van der Waals surface area contributed by atoms with E-state index >= 15 is 0 Å². The van der Waals surface area contributed by atoms with E-state index in [9.17, 15) is 9.59 Å². The molecule has 2 aliphatic rings. The van der Waals surface area contributed by atoms with Crippen LogP contribution < -0.4 is 4.90 Å². The highest BCUT2D eigenvalue weighted by molar-refractivity contribution is 5.97. The van der Waals surface area contributed by atoms with Gasteiger partial charge in [-0.3, -0.25) is 24.1 Å². The summed E-state index contributed by atoms with van der Waals surface area (Å²) in [5, 5.41) is 4.38. The van der Waals surface area contributed by atoms with Crippen molar-refractivity contribution in [3.63, 3.8) is 0 Å². The number of hydrogen-bond acceptors (Lipinski definition) is 4. The predicted octanol–water partition coefficient (Wildman–Crippen LogP) is 1.68. The molecule has 2 fully saturated rings. The minimum atomic E-state index is -0.113. The molecule has 0 bridgehead atoms. The normalized spacial score (nSPS) is 21.2. The molecular weight excluding hydrogens is 354 g/mol. The Morgan fingerprint density at radius 3 is 2.43 bits per heavy atom. The van der Waals surface area contributed by atoms with Crippen LogP contribution in [0.15, 0.2) is 36.4 Å². The first-order chi connectivity index (χ1) is 13.5. The zero-order valence-corrected chi connectivity index (χ0v) is 16.5. The molecule has 1 aromatic heterocycles. The molecule has 7 heteroatoms. The minimum absolute atomic E-state index is 0.0715. The highest BCUT2D eigenvalue weighted by Crippen LogP contribution is 2.25. The highest BCUT2D eigenvalue weighted by atomic mass is 16.2. The Hall–Kier alpha value is -2.67. The van der Waals surface area contributed by atoms with E-state index in [1.54, 1.807) is 4.68 Å². The van der Waals surface area contributed by atoms with Gasteiger partial charge in [-0.25, -0.2) is 0 Å². The standard InChI is InChI=1S/C21H27N5O2/c1-16-15-19(23(2)22-16)26-10-6-9-18(21(26)28)24-11-13-25(14-12-24)20(27)17-7-4-3-5-8-17/h3-5,7-8,15,18H,6,9-14H2,1-2H3/t18-/m0/s1. The van der Waals surface area contributed by atoms with E-state index in [2.05, 4.69) is 10.00 Å². The van der Waals surface area contributed by atoms with Crippen LogP contribution in [0.1, 0.15) is 28.9 Å². The second-order valence-electron chi connectivity index (χ2n) is 7.61. The monoisotopic (exact) mass is 381 g/mol. The highest BCUT2D eigenvalue weighted by Gasteiger charge is 2.36. The van der Waals surface area contributed by atoms with Gasteiger partial charge in [-0.1, -0.05) is 18.2 Å². The van der Waals surface area contributed by atoms with Gasteiger partial charge < -0.3 is 4.90 Å². The van der Waals surface area contributed by atoms with Crippen molar-refractivity contribution in [2.45, 2.75) is 25.8 Å². The zero-order valence-electron chi connectivity index (χ0n) is 16.5. The topological polar surface area (TPSA) is 61.7 Å². The molecular formula is C21H27N5O2. The maximum absolute atomic E-state index is 13.2. The van der Waals surface area contributed by atoms with Crippen molar-refractivity contribution >= 4 is 17.6 Å². The van der Waals surface area contributed by atoms with Crippen LogP contribution in [0.4, 0.5) is 5.82 Å². The lowest BCUT2D eigenvalue weighted by molar-refractivity contribution is -0.126. The Kier molecular flexibility index (Phi) is 5.17. The van der Waals surface area contributed by atoms with Crippen LogP contribution in [0, 0.1) is 6.92 Å². The molecule has 1 atom stereocenters. The van der Waals surface area contributed by atoms with E-state index in [1.807, 2.05) is 60.2 Å². The second kappa shape index (κ2) is 7.75. The number of piperidine rings is 1. The maximum Gasteiger partial charge on any atom is 0.253 e. The molecule has 1 aromatic carbocycles. The van der Waals surface area contributed by atoms with Crippen molar-refractivity contribution in [2.75, 3.05) is 37.6 Å². The average Bonchev–Trinajstić information content (AvgIpc) is 3.06. The van der Waals surface area contributed by atoms with Crippen molar-refractivity contribution in [1.82, 2.24) is 19.6 Å². The number of amides is 2. The molecule has 0 unspecified atom stereocenters. The number of hydrogen-bond donors (Lipinski definition) is 0. The molecule has 0 saturated carbocycles. The molecule has 2 saturated heterocycles. The number of anilines is 1. The Bertz CT molecular complexity index is 855. The van der Waals surface area contributed by atoms with E-state index in [0.717, 1.165) is 49.6 Å². The van der Waals surface area contributed by atoms with Gasteiger partial charge in [0, 0.05) is 51.4 Å². The third-order valence-corrected chi connectivity index (χ3v) is 5.73. The number of aromatic nitrogens is 2. The van der Waals surface area contributed by atoms with Crippen molar-refractivity contribution in [2.24, 2.45) is 7.05 Å². The Morgan fingerprint density at radius 1 is 1.07 bits per heavy atom. The number of carbonyl (C=O) groups is 2. The third-order valence-electron chi connectivity index (χ3n) is 5.73. The van der Waals surface area contributed by atoms with Crippen LogP contribution in [0.2, 0.25) is 0 Å². The molecule has 2 aliphatic heterocycles. The number of rotatable bonds is 3. The van der Waals surface area contributed by atoms with Gasteiger partial charge in [0.2, 0.25) is 5.91 Å². The molecule has 28 heavy (non-hydrogen) atoms. The number of piperazine rings is 1. The molecule has 0 aliphatic carbocycles. The molecule has 2 amide bonds. The lowest BCUT2D eigenvalue weighted by atomic mass is 10.0. The summed E-state index contributed by atoms with van der Waals surface area (Å²) in [4.78, 5) is 31.8. The summed E-state index contributed by atoms with van der Waals surface area (Å²) in [6.07, 6.45) is 1.85. The molecule has 7 nitrogen and oxygen atoms in total. The first-order valence-electron chi connectivity index (χ1n) is 9.95. The fourth-order valence-corrected chi connectivity index (χ4v) is 4.27. The second-order valence-corrected chi connectivity index (χ2v) is 7.61. The SMILES string of the molecule is Cc1cc(N2CCC[C@H](N3CCN(C(=O)c4ccccc4)CC3)C2=O)n(C)n1. The lowest BCUT2D eigenvalue weighted by Crippen LogP contribution is -2.58. The average molecular weight is 381 g/mol. The fourth-order valence-electron chi connectivity index (χ4n) is 4.27. The fraction of sp³-hybridized carbons (Fsp3) is 0.476. The molecule has 2 aromatic rings. The number of nitrogens with zero attached hydrogens (tertiary/aromatic N) is 5. The zero-order chi connectivity index (χ0) is 19.7. The molecule has 3 heterocycles. The summed E-state index contributed by atoms with van der Waals surface area (Å²) in [5.74, 6) is 1.09. The predicted molar refractivity (Wildman–Crippen MR) is 107 cm³/mol. The Morgan fingerprint density at radius 2 is 1.79 bits per heavy atom. The van der Waals surface area contributed by atoms with Gasteiger partial charge >= 0.3 is 0 Å². The number of carbonyl (C=O) groups excluding carboxylic acids is 2. The van der Waals surface area contributed by atoms with Gasteiger partial charge in [-0.05, 0) is 31.9 Å².